The highest BCUT2D eigenvalue weighted by Gasteiger charge is 2.34. The molecular formula is C19H30N6O2S. The Bertz CT molecular complexity index is 906. The monoisotopic (exact) mass is 406 g/mol. The number of hydrogen-bond acceptors (Lipinski definition) is 6. The highest BCUT2D eigenvalue weighted by molar-refractivity contribution is 7.89. The molecule has 28 heavy (non-hydrogen) atoms. The largest absolute Gasteiger partial charge is 0.356 e. The summed E-state index contributed by atoms with van der Waals surface area (Å²) in [7, 11) is -1.10. The Morgan fingerprint density at radius 3 is 2.71 bits per heavy atom. The number of aromatic nitrogens is 3. The first-order valence-corrected chi connectivity index (χ1v) is 11.8. The molecule has 0 spiro atoms. The first kappa shape index (κ1) is 19.6. The first-order chi connectivity index (χ1) is 13.5. The van der Waals surface area contributed by atoms with E-state index < -0.39 is 10.0 Å². The maximum Gasteiger partial charge on any atom is 0.214 e. The van der Waals surface area contributed by atoms with Gasteiger partial charge in [0.15, 0.2) is 0 Å². The van der Waals surface area contributed by atoms with Crippen molar-refractivity contribution in [3.05, 3.63) is 18.6 Å². The Hall–Kier alpha value is -1.71. The third-order valence-corrected chi connectivity index (χ3v) is 8.46. The first-order valence-electron chi connectivity index (χ1n) is 10.2. The van der Waals surface area contributed by atoms with E-state index in [-0.39, 0.29) is 11.7 Å². The molecule has 1 aliphatic heterocycles. The van der Waals surface area contributed by atoms with Gasteiger partial charge in [0, 0.05) is 32.4 Å². The lowest BCUT2D eigenvalue weighted by atomic mass is 9.86. The average molecular weight is 407 g/mol. The van der Waals surface area contributed by atoms with Gasteiger partial charge in [-0.05, 0) is 56.6 Å². The third kappa shape index (κ3) is 3.88. The van der Waals surface area contributed by atoms with E-state index in [1.165, 1.54) is 0 Å². The molecule has 0 bridgehead atoms. The van der Waals surface area contributed by atoms with E-state index in [4.69, 9.17) is 5.73 Å². The smallest absolute Gasteiger partial charge is 0.214 e. The topological polar surface area (TPSA) is 108 Å². The van der Waals surface area contributed by atoms with Crippen LogP contribution in [0, 0.1) is 11.8 Å². The summed E-state index contributed by atoms with van der Waals surface area (Å²) in [5.41, 5.74) is 6.55. The van der Waals surface area contributed by atoms with Crippen LogP contribution < -0.4 is 10.6 Å². The second-order valence-electron chi connectivity index (χ2n) is 8.25. The number of H-pyrrole nitrogens is 1. The number of hydrogen-bond donors (Lipinski definition) is 2. The molecule has 0 radical (unpaired) electrons. The second-order valence-corrected chi connectivity index (χ2v) is 10.3. The summed E-state index contributed by atoms with van der Waals surface area (Å²) in [6.07, 6.45) is 8.20. The lowest BCUT2D eigenvalue weighted by molar-refractivity contribution is 0.335. The SMILES string of the molecule is CN(c1ncnc2[nH]ccc12)[C@H]1CC[C@H](CS(=O)(=O)N2CC[C@H](CN)C2)CC1. The van der Waals surface area contributed by atoms with E-state index in [1.54, 1.807) is 10.6 Å². The summed E-state index contributed by atoms with van der Waals surface area (Å²) in [6.45, 7) is 1.79. The predicted molar refractivity (Wildman–Crippen MR) is 111 cm³/mol. The van der Waals surface area contributed by atoms with E-state index in [0.717, 1.165) is 49.0 Å². The molecule has 0 aromatic carbocycles. The molecular weight excluding hydrogens is 376 g/mol. The van der Waals surface area contributed by atoms with Gasteiger partial charge in [-0.3, -0.25) is 0 Å². The standard InChI is InChI=1S/C19H30N6O2S/c1-24(19-17-6-8-21-18(17)22-13-23-19)16-4-2-14(3-5-16)12-28(26,27)25-9-7-15(10-20)11-25/h6,8,13-16H,2-5,7,9-12,20H2,1H3,(H,21,22,23)/t14-,15-,16-/m1/s1. The van der Waals surface area contributed by atoms with Crippen LogP contribution in [0.4, 0.5) is 5.82 Å². The van der Waals surface area contributed by atoms with Gasteiger partial charge in [0.1, 0.15) is 17.8 Å². The van der Waals surface area contributed by atoms with E-state index in [0.29, 0.717) is 31.6 Å². The molecule has 2 aliphatic rings. The number of aromatic amines is 1. The molecule has 1 atom stereocenters. The van der Waals surface area contributed by atoms with Crippen molar-refractivity contribution in [2.45, 2.75) is 38.1 Å². The number of anilines is 1. The summed E-state index contributed by atoms with van der Waals surface area (Å²) in [6, 6.07) is 2.38. The molecule has 1 saturated carbocycles. The van der Waals surface area contributed by atoms with Crippen molar-refractivity contribution >= 4 is 26.9 Å². The Balaban J connectivity index is 1.35. The fourth-order valence-corrected chi connectivity index (χ4v) is 6.62. The van der Waals surface area contributed by atoms with E-state index in [2.05, 4.69) is 26.9 Å². The van der Waals surface area contributed by atoms with Crippen molar-refractivity contribution in [2.24, 2.45) is 17.6 Å². The van der Waals surface area contributed by atoms with E-state index >= 15 is 0 Å². The molecule has 0 unspecified atom stereocenters. The molecule has 2 aromatic heterocycles. The molecule has 0 amide bonds. The zero-order chi connectivity index (χ0) is 19.7. The molecule has 154 valence electrons. The minimum absolute atomic E-state index is 0.240. The second kappa shape index (κ2) is 7.96. The van der Waals surface area contributed by atoms with Gasteiger partial charge >= 0.3 is 0 Å². The van der Waals surface area contributed by atoms with Crippen LogP contribution in [-0.2, 0) is 10.0 Å². The Labute approximate surface area is 166 Å². The highest BCUT2D eigenvalue weighted by atomic mass is 32.2. The fourth-order valence-electron chi connectivity index (χ4n) is 4.66. The van der Waals surface area contributed by atoms with Gasteiger partial charge in [0.25, 0.3) is 0 Å². The van der Waals surface area contributed by atoms with Crippen LogP contribution in [0.3, 0.4) is 0 Å². The molecule has 3 heterocycles. The number of nitrogens with zero attached hydrogens (tertiary/aromatic N) is 4. The van der Waals surface area contributed by atoms with Gasteiger partial charge in [-0.2, -0.15) is 0 Å². The number of nitrogens with one attached hydrogen (secondary N) is 1. The summed E-state index contributed by atoms with van der Waals surface area (Å²) in [4.78, 5) is 14.1. The van der Waals surface area contributed by atoms with Gasteiger partial charge in [-0.25, -0.2) is 22.7 Å². The zero-order valence-corrected chi connectivity index (χ0v) is 17.2. The number of rotatable bonds is 6. The van der Waals surface area contributed by atoms with E-state index in [1.807, 2.05) is 12.3 Å². The molecule has 9 heteroatoms. The molecule has 4 rings (SSSR count). The van der Waals surface area contributed by atoms with Gasteiger partial charge in [-0.15, -0.1) is 0 Å². The maximum atomic E-state index is 12.8. The van der Waals surface area contributed by atoms with Crippen molar-refractivity contribution in [3.8, 4) is 0 Å². The minimum atomic E-state index is -3.17. The number of nitrogens with two attached hydrogens (primary N) is 1. The van der Waals surface area contributed by atoms with Gasteiger partial charge in [0.2, 0.25) is 10.0 Å². The summed E-state index contributed by atoms with van der Waals surface area (Å²) < 4.78 is 27.2. The normalized spacial score (nSPS) is 26.7. The van der Waals surface area contributed by atoms with Crippen molar-refractivity contribution < 1.29 is 8.42 Å². The van der Waals surface area contributed by atoms with Crippen LogP contribution in [0.1, 0.15) is 32.1 Å². The van der Waals surface area contributed by atoms with Crippen LogP contribution in [0.15, 0.2) is 18.6 Å². The lowest BCUT2D eigenvalue weighted by Gasteiger charge is -2.35. The molecule has 1 saturated heterocycles. The minimum Gasteiger partial charge on any atom is -0.356 e. The van der Waals surface area contributed by atoms with Gasteiger partial charge in [-0.1, -0.05) is 0 Å². The Morgan fingerprint density at radius 1 is 1.21 bits per heavy atom. The average Bonchev–Trinajstić information content (AvgIpc) is 3.37. The predicted octanol–water partition coefficient (Wildman–Crippen LogP) is 1.56. The molecule has 2 aromatic rings. The quantitative estimate of drug-likeness (QED) is 0.754. The lowest BCUT2D eigenvalue weighted by Crippen LogP contribution is -2.39. The molecule has 3 N–H and O–H groups in total. The van der Waals surface area contributed by atoms with Crippen molar-refractivity contribution in [3.63, 3.8) is 0 Å². The molecule has 2 fully saturated rings. The van der Waals surface area contributed by atoms with Crippen LogP contribution in [0.2, 0.25) is 0 Å². The summed E-state index contributed by atoms with van der Waals surface area (Å²) in [5, 5.41) is 1.03. The summed E-state index contributed by atoms with van der Waals surface area (Å²) >= 11 is 0. The molecule has 8 nitrogen and oxygen atoms in total. The molecule has 1 aliphatic carbocycles. The summed E-state index contributed by atoms with van der Waals surface area (Å²) in [5.74, 6) is 1.77. The van der Waals surface area contributed by atoms with Gasteiger partial charge < -0.3 is 15.6 Å². The fraction of sp³-hybridized carbons (Fsp3) is 0.684. The van der Waals surface area contributed by atoms with Crippen LogP contribution in [0.25, 0.3) is 11.0 Å². The maximum absolute atomic E-state index is 12.8. The zero-order valence-electron chi connectivity index (χ0n) is 16.4. The van der Waals surface area contributed by atoms with Crippen LogP contribution in [-0.4, -0.2) is 66.2 Å². The van der Waals surface area contributed by atoms with E-state index in [9.17, 15) is 8.42 Å². The van der Waals surface area contributed by atoms with Crippen molar-refractivity contribution in [2.75, 3.05) is 37.3 Å². The number of fused-ring (bicyclic) bond motifs is 1. The Kier molecular flexibility index (Phi) is 5.57. The van der Waals surface area contributed by atoms with Crippen LogP contribution >= 0.6 is 0 Å². The van der Waals surface area contributed by atoms with Gasteiger partial charge in [0.05, 0.1) is 11.1 Å². The number of sulfonamides is 1. The van der Waals surface area contributed by atoms with Crippen LogP contribution in [0.5, 0.6) is 0 Å². The third-order valence-electron chi connectivity index (χ3n) is 6.45. The van der Waals surface area contributed by atoms with Crippen molar-refractivity contribution in [1.82, 2.24) is 19.3 Å². The van der Waals surface area contributed by atoms with Crippen molar-refractivity contribution in [1.29, 1.82) is 0 Å². The highest BCUT2D eigenvalue weighted by Crippen LogP contribution is 2.33. The Morgan fingerprint density at radius 2 is 2.00 bits per heavy atom.